The molecule has 148 valence electrons. The highest BCUT2D eigenvalue weighted by Crippen LogP contribution is 2.30. The van der Waals surface area contributed by atoms with Gasteiger partial charge in [0.2, 0.25) is 0 Å². The number of hydrogen-bond acceptors (Lipinski definition) is 4. The number of fused-ring (bicyclic) bond motifs is 2. The minimum absolute atomic E-state index is 0.267. The first kappa shape index (κ1) is 19.1. The quantitative estimate of drug-likeness (QED) is 0.625. The molecular weight excluding hydrogens is 364 g/mol. The lowest BCUT2D eigenvalue weighted by atomic mass is 9.90. The van der Waals surface area contributed by atoms with Gasteiger partial charge in [-0.3, -0.25) is 9.78 Å². The van der Waals surface area contributed by atoms with Crippen LogP contribution in [-0.2, 0) is 22.4 Å². The van der Waals surface area contributed by atoms with Gasteiger partial charge < -0.3 is 9.64 Å². The van der Waals surface area contributed by atoms with Crippen LogP contribution in [0.15, 0.2) is 54.6 Å². The Balaban J connectivity index is 1.63. The molecule has 0 saturated heterocycles. The molecular formula is C24H24N2O3. The molecule has 0 aliphatic heterocycles. The molecule has 5 heteroatoms. The van der Waals surface area contributed by atoms with Gasteiger partial charge in [0.05, 0.1) is 11.1 Å². The lowest BCUT2D eigenvalue weighted by Gasteiger charge is -2.23. The van der Waals surface area contributed by atoms with Crippen LogP contribution in [0.3, 0.4) is 0 Å². The molecule has 0 bridgehead atoms. The highest BCUT2D eigenvalue weighted by molar-refractivity contribution is 6.06. The van der Waals surface area contributed by atoms with Crippen LogP contribution in [0.1, 0.15) is 41.4 Å². The smallest absolute Gasteiger partial charge is 0.339 e. The summed E-state index contributed by atoms with van der Waals surface area (Å²) in [6.45, 7) is 1.62. The Morgan fingerprint density at radius 2 is 1.69 bits per heavy atom. The van der Waals surface area contributed by atoms with E-state index in [4.69, 9.17) is 9.72 Å². The van der Waals surface area contributed by atoms with E-state index in [0.717, 1.165) is 53.5 Å². The number of hydrogen-bond donors (Lipinski definition) is 0. The summed E-state index contributed by atoms with van der Waals surface area (Å²) < 4.78 is 5.66. The first-order valence-corrected chi connectivity index (χ1v) is 10.0. The van der Waals surface area contributed by atoms with Gasteiger partial charge in [0, 0.05) is 23.8 Å². The molecule has 5 nitrogen and oxygen atoms in total. The number of ether oxygens (including phenoxy) is 1. The van der Waals surface area contributed by atoms with Crippen LogP contribution in [0.5, 0.6) is 0 Å². The Bertz CT molecular complexity index is 1060. The van der Waals surface area contributed by atoms with Crippen molar-refractivity contribution in [3.63, 3.8) is 0 Å². The van der Waals surface area contributed by atoms with Gasteiger partial charge in [0.1, 0.15) is 0 Å². The molecule has 1 atom stereocenters. The maximum Gasteiger partial charge on any atom is 0.339 e. The normalized spacial score (nSPS) is 14.1. The average Bonchev–Trinajstić information content (AvgIpc) is 2.76. The van der Waals surface area contributed by atoms with E-state index in [9.17, 15) is 9.59 Å². The number of aryl methyl sites for hydroxylation is 1. The molecule has 1 aliphatic rings. The van der Waals surface area contributed by atoms with Crippen LogP contribution in [0.25, 0.3) is 10.9 Å². The number of nitrogens with zero attached hydrogens (tertiary/aromatic N) is 2. The van der Waals surface area contributed by atoms with Crippen LogP contribution in [0.4, 0.5) is 5.69 Å². The van der Waals surface area contributed by atoms with Crippen molar-refractivity contribution in [2.75, 3.05) is 11.9 Å². The average molecular weight is 388 g/mol. The van der Waals surface area contributed by atoms with Crippen LogP contribution in [0.2, 0.25) is 0 Å². The predicted molar refractivity (Wildman–Crippen MR) is 113 cm³/mol. The maximum absolute atomic E-state index is 13.2. The molecule has 0 fully saturated rings. The molecule has 1 heterocycles. The van der Waals surface area contributed by atoms with Crippen LogP contribution in [-0.4, -0.2) is 30.0 Å². The van der Waals surface area contributed by atoms with E-state index in [-0.39, 0.29) is 5.91 Å². The maximum atomic E-state index is 13.2. The molecule has 0 saturated carbocycles. The van der Waals surface area contributed by atoms with E-state index in [0.29, 0.717) is 5.56 Å². The molecule has 2 aromatic carbocycles. The zero-order chi connectivity index (χ0) is 20.4. The minimum atomic E-state index is -0.890. The predicted octanol–water partition coefficient (Wildman–Crippen LogP) is 4.32. The number of carbonyl (C=O) groups excluding carboxylic acids is 2. The van der Waals surface area contributed by atoms with Gasteiger partial charge in [0.25, 0.3) is 5.91 Å². The second-order valence-electron chi connectivity index (χ2n) is 7.42. The molecule has 1 aliphatic carbocycles. The third-order valence-electron chi connectivity index (χ3n) is 5.48. The highest BCUT2D eigenvalue weighted by atomic mass is 16.5. The van der Waals surface area contributed by atoms with Gasteiger partial charge in [-0.1, -0.05) is 36.4 Å². The largest absolute Gasteiger partial charge is 0.449 e. The van der Waals surface area contributed by atoms with Crippen molar-refractivity contribution >= 4 is 28.5 Å². The summed E-state index contributed by atoms with van der Waals surface area (Å²) in [6.07, 6.45) is 2.89. The summed E-state index contributed by atoms with van der Waals surface area (Å²) in [7, 11) is 1.69. The lowest BCUT2D eigenvalue weighted by molar-refractivity contribution is -0.126. The van der Waals surface area contributed by atoms with E-state index in [2.05, 4.69) is 0 Å². The molecule has 4 rings (SSSR count). The van der Waals surface area contributed by atoms with Crippen molar-refractivity contribution in [2.45, 2.75) is 38.7 Å². The van der Waals surface area contributed by atoms with Crippen LogP contribution < -0.4 is 4.90 Å². The zero-order valence-electron chi connectivity index (χ0n) is 16.7. The van der Waals surface area contributed by atoms with Crippen molar-refractivity contribution in [1.29, 1.82) is 0 Å². The number of anilines is 1. The fraction of sp³-hybridized carbons (Fsp3) is 0.292. The molecule has 1 amide bonds. The number of para-hydroxylation sites is 2. The number of carbonyl (C=O) groups is 2. The number of pyridine rings is 1. The molecule has 1 aromatic heterocycles. The Labute approximate surface area is 170 Å². The molecule has 0 unspecified atom stereocenters. The van der Waals surface area contributed by atoms with E-state index < -0.39 is 12.1 Å². The zero-order valence-corrected chi connectivity index (χ0v) is 16.7. The molecule has 0 spiro atoms. The number of rotatable bonds is 4. The number of benzene rings is 2. The molecule has 3 aromatic rings. The second-order valence-corrected chi connectivity index (χ2v) is 7.42. The van der Waals surface area contributed by atoms with Crippen LogP contribution >= 0.6 is 0 Å². The Kier molecular flexibility index (Phi) is 5.30. The Hall–Kier alpha value is -3.21. The summed E-state index contributed by atoms with van der Waals surface area (Å²) in [5.74, 6) is -0.721. The third-order valence-corrected chi connectivity index (χ3v) is 5.48. The standard InChI is InChI=1S/C24H24N2O3/c1-16(23(27)26(2)17-10-4-3-5-11-17)29-24(28)22-18-12-6-8-14-20(18)25-21-15-9-7-13-19(21)22/h3-6,8,10-12,14,16H,7,9,13,15H2,1-2H3/t16-/m1/s1. The molecule has 0 N–H and O–H groups in total. The number of amides is 1. The van der Waals surface area contributed by atoms with Gasteiger partial charge in [-0.15, -0.1) is 0 Å². The SMILES string of the molecule is C[C@@H](OC(=O)c1c2c(nc3ccccc13)CCCC2)C(=O)N(C)c1ccccc1. The number of likely N-dealkylation sites (N-methyl/N-ethyl adjacent to an activating group) is 1. The van der Waals surface area contributed by atoms with E-state index >= 15 is 0 Å². The first-order valence-electron chi connectivity index (χ1n) is 10.0. The fourth-order valence-electron chi connectivity index (χ4n) is 3.93. The van der Waals surface area contributed by atoms with Crippen molar-refractivity contribution in [3.05, 3.63) is 71.4 Å². The summed E-state index contributed by atoms with van der Waals surface area (Å²) in [5.41, 5.74) is 4.05. The van der Waals surface area contributed by atoms with Gasteiger partial charge in [0.15, 0.2) is 6.10 Å². The molecule has 0 radical (unpaired) electrons. The first-order chi connectivity index (χ1) is 14.1. The Morgan fingerprint density at radius 1 is 1.00 bits per heavy atom. The number of aromatic nitrogens is 1. The summed E-state index contributed by atoms with van der Waals surface area (Å²) in [4.78, 5) is 32.3. The Morgan fingerprint density at radius 3 is 2.48 bits per heavy atom. The van der Waals surface area contributed by atoms with Gasteiger partial charge in [-0.2, -0.15) is 0 Å². The van der Waals surface area contributed by atoms with E-state index in [1.54, 1.807) is 14.0 Å². The fourth-order valence-corrected chi connectivity index (χ4v) is 3.93. The van der Waals surface area contributed by atoms with Gasteiger partial charge in [-0.25, -0.2) is 4.79 Å². The van der Waals surface area contributed by atoms with Gasteiger partial charge in [-0.05, 0) is 56.4 Å². The minimum Gasteiger partial charge on any atom is -0.449 e. The number of esters is 1. The van der Waals surface area contributed by atoms with Crippen molar-refractivity contribution < 1.29 is 14.3 Å². The topological polar surface area (TPSA) is 59.5 Å². The monoisotopic (exact) mass is 388 g/mol. The van der Waals surface area contributed by atoms with Crippen molar-refractivity contribution in [2.24, 2.45) is 0 Å². The summed E-state index contributed by atoms with van der Waals surface area (Å²) >= 11 is 0. The van der Waals surface area contributed by atoms with E-state index in [1.807, 2.05) is 54.6 Å². The lowest BCUT2D eigenvalue weighted by Crippen LogP contribution is -2.37. The second kappa shape index (κ2) is 8.03. The summed E-state index contributed by atoms with van der Waals surface area (Å²) in [5, 5.41) is 0.786. The van der Waals surface area contributed by atoms with Crippen molar-refractivity contribution in [1.82, 2.24) is 4.98 Å². The van der Waals surface area contributed by atoms with Crippen molar-refractivity contribution in [3.8, 4) is 0 Å². The highest BCUT2D eigenvalue weighted by Gasteiger charge is 2.28. The van der Waals surface area contributed by atoms with Crippen LogP contribution in [0, 0.1) is 0 Å². The molecule has 29 heavy (non-hydrogen) atoms. The third kappa shape index (κ3) is 3.73. The summed E-state index contributed by atoms with van der Waals surface area (Å²) in [6, 6.07) is 16.9. The van der Waals surface area contributed by atoms with Gasteiger partial charge >= 0.3 is 5.97 Å². The van der Waals surface area contributed by atoms with E-state index in [1.165, 1.54) is 4.90 Å².